The van der Waals surface area contributed by atoms with Gasteiger partial charge in [-0.25, -0.2) is 4.98 Å². The minimum Gasteiger partial charge on any atom is -0.350 e. The van der Waals surface area contributed by atoms with Crippen LogP contribution in [0.25, 0.3) is 0 Å². The Balaban J connectivity index is 1.88. The van der Waals surface area contributed by atoms with Gasteiger partial charge in [-0.3, -0.25) is 4.79 Å². The number of carbonyl (C=O) groups is 1. The monoisotopic (exact) mass is 253 g/mol. The summed E-state index contributed by atoms with van der Waals surface area (Å²) in [6.45, 7) is 2.50. The standard InChI is InChI=1S/C12H19N3OS/c1-9-14-7-10(17-9)8-15-11(16)12(13)5-3-2-4-6-12/h7H,2-6,8,13H2,1H3,(H,15,16). The zero-order chi connectivity index (χ0) is 12.3. The summed E-state index contributed by atoms with van der Waals surface area (Å²) < 4.78 is 0. The lowest BCUT2D eigenvalue weighted by atomic mass is 9.82. The van der Waals surface area contributed by atoms with E-state index in [1.54, 1.807) is 11.3 Å². The number of amides is 1. The first-order valence-electron chi connectivity index (χ1n) is 6.09. The minimum absolute atomic E-state index is 0.0109. The van der Waals surface area contributed by atoms with Gasteiger partial charge in [0.05, 0.1) is 17.1 Å². The van der Waals surface area contributed by atoms with Crippen molar-refractivity contribution in [2.75, 3.05) is 0 Å². The van der Waals surface area contributed by atoms with Crippen LogP contribution in [0.3, 0.4) is 0 Å². The summed E-state index contributed by atoms with van der Waals surface area (Å²) in [5.41, 5.74) is 5.51. The summed E-state index contributed by atoms with van der Waals surface area (Å²) in [6.07, 6.45) is 6.74. The fourth-order valence-corrected chi connectivity index (χ4v) is 2.97. The van der Waals surface area contributed by atoms with E-state index in [2.05, 4.69) is 10.3 Å². The average molecular weight is 253 g/mol. The van der Waals surface area contributed by atoms with Gasteiger partial charge in [0.2, 0.25) is 5.91 Å². The molecule has 1 heterocycles. The Morgan fingerprint density at radius 1 is 1.53 bits per heavy atom. The van der Waals surface area contributed by atoms with Crippen molar-refractivity contribution in [2.24, 2.45) is 5.73 Å². The molecule has 0 atom stereocenters. The van der Waals surface area contributed by atoms with Crippen LogP contribution in [0.4, 0.5) is 0 Å². The highest BCUT2D eigenvalue weighted by Crippen LogP contribution is 2.26. The lowest BCUT2D eigenvalue weighted by Gasteiger charge is -2.31. The molecule has 5 heteroatoms. The highest BCUT2D eigenvalue weighted by molar-refractivity contribution is 7.11. The molecule has 1 aromatic heterocycles. The fraction of sp³-hybridized carbons (Fsp3) is 0.667. The van der Waals surface area contributed by atoms with Crippen LogP contribution in [0.15, 0.2) is 6.20 Å². The van der Waals surface area contributed by atoms with E-state index in [1.165, 1.54) is 6.42 Å². The third-order valence-corrected chi connectivity index (χ3v) is 4.20. The molecule has 1 saturated carbocycles. The number of hydrogen-bond donors (Lipinski definition) is 2. The summed E-state index contributed by atoms with van der Waals surface area (Å²) in [5, 5.41) is 3.95. The molecule has 2 rings (SSSR count). The summed E-state index contributed by atoms with van der Waals surface area (Å²) in [5.74, 6) is -0.0109. The predicted octanol–water partition coefficient (Wildman–Crippen LogP) is 1.73. The molecule has 4 nitrogen and oxygen atoms in total. The van der Waals surface area contributed by atoms with E-state index in [4.69, 9.17) is 5.73 Å². The van der Waals surface area contributed by atoms with Gasteiger partial charge in [-0.15, -0.1) is 11.3 Å². The number of aromatic nitrogens is 1. The summed E-state index contributed by atoms with van der Waals surface area (Å²) in [7, 11) is 0. The molecule has 0 unspecified atom stereocenters. The van der Waals surface area contributed by atoms with Crippen LogP contribution in [0.2, 0.25) is 0 Å². The van der Waals surface area contributed by atoms with Crippen molar-refractivity contribution in [3.05, 3.63) is 16.1 Å². The first kappa shape index (κ1) is 12.5. The summed E-state index contributed by atoms with van der Waals surface area (Å²) >= 11 is 1.61. The molecule has 0 radical (unpaired) electrons. The topological polar surface area (TPSA) is 68.0 Å². The number of aryl methyl sites for hydroxylation is 1. The molecule has 0 saturated heterocycles. The van der Waals surface area contributed by atoms with Crippen molar-refractivity contribution >= 4 is 17.2 Å². The van der Waals surface area contributed by atoms with Gasteiger partial charge in [0.15, 0.2) is 0 Å². The van der Waals surface area contributed by atoms with Gasteiger partial charge in [0.25, 0.3) is 0 Å². The smallest absolute Gasteiger partial charge is 0.240 e. The van der Waals surface area contributed by atoms with E-state index in [-0.39, 0.29) is 5.91 Å². The number of nitrogens with two attached hydrogens (primary N) is 1. The van der Waals surface area contributed by atoms with Crippen molar-refractivity contribution in [1.29, 1.82) is 0 Å². The second kappa shape index (κ2) is 5.14. The van der Waals surface area contributed by atoms with Crippen molar-refractivity contribution in [3.8, 4) is 0 Å². The van der Waals surface area contributed by atoms with Gasteiger partial charge in [0.1, 0.15) is 0 Å². The lowest BCUT2D eigenvalue weighted by Crippen LogP contribution is -2.54. The van der Waals surface area contributed by atoms with Crippen LogP contribution in [0.1, 0.15) is 42.0 Å². The molecule has 17 heavy (non-hydrogen) atoms. The van der Waals surface area contributed by atoms with Crippen LogP contribution in [-0.2, 0) is 11.3 Å². The van der Waals surface area contributed by atoms with Gasteiger partial charge in [-0.05, 0) is 19.8 Å². The molecular formula is C12H19N3OS. The maximum absolute atomic E-state index is 12.0. The molecule has 1 aliphatic carbocycles. The molecule has 94 valence electrons. The SMILES string of the molecule is Cc1ncc(CNC(=O)C2(N)CCCCC2)s1. The van der Waals surface area contributed by atoms with Gasteiger partial charge < -0.3 is 11.1 Å². The number of carbonyl (C=O) groups excluding carboxylic acids is 1. The second-order valence-electron chi connectivity index (χ2n) is 4.75. The third-order valence-electron chi connectivity index (χ3n) is 3.29. The van der Waals surface area contributed by atoms with Gasteiger partial charge >= 0.3 is 0 Å². The van der Waals surface area contributed by atoms with Crippen LogP contribution in [-0.4, -0.2) is 16.4 Å². The Hall–Kier alpha value is -0.940. The Morgan fingerprint density at radius 3 is 2.82 bits per heavy atom. The summed E-state index contributed by atoms with van der Waals surface area (Å²) in [4.78, 5) is 17.3. The van der Waals surface area contributed by atoms with Crippen LogP contribution in [0.5, 0.6) is 0 Å². The molecule has 0 spiro atoms. The van der Waals surface area contributed by atoms with Crippen LogP contribution < -0.4 is 11.1 Å². The van der Waals surface area contributed by atoms with Crippen LogP contribution in [0, 0.1) is 6.92 Å². The summed E-state index contributed by atoms with van der Waals surface area (Å²) in [6, 6.07) is 0. The normalized spacial score (nSPS) is 18.9. The fourth-order valence-electron chi connectivity index (χ4n) is 2.24. The minimum atomic E-state index is -0.641. The van der Waals surface area contributed by atoms with E-state index < -0.39 is 5.54 Å². The zero-order valence-electron chi connectivity index (χ0n) is 10.2. The highest BCUT2D eigenvalue weighted by Gasteiger charge is 2.34. The van der Waals surface area contributed by atoms with Gasteiger partial charge in [-0.2, -0.15) is 0 Å². The van der Waals surface area contributed by atoms with E-state index in [1.807, 2.05) is 13.1 Å². The molecule has 0 aromatic carbocycles. The number of nitrogens with one attached hydrogen (secondary N) is 1. The molecule has 1 fully saturated rings. The van der Waals surface area contributed by atoms with Crippen molar-refractivity contribution in [3.63, 3.8) is 0 Å². The third kappa shape index (κ3) is 3.04. The predicted molar refractivity (Wildman–Crippen MR) is 68.7 cm³/mol. The number of rotatable bonds is 3. The highest BCUT2D eigenvalue weighted by atomic mass is 32.1. The van der Waals surface area contributed by atoms with Crippen molar-refractivity contribution in [2.45, 2.75) is 51.1 Å². The zero-order valence-corrected chi connectivity index (χ0v) is 11.0. The van der Waals surface area contributed by atoms with Crippen LogP contribution >= 0.6 is 11.3 Å². The Labute approximate surface area is 106 Å². The Bertz CT molecular complexity index is 396. The first-order valence-corrected chi connectivity index (χ1v) is 6.90. The number of nitrogens with zero attached hydrogens (tertiary/aromatic N) is 1. The molecular weight excluding hydrogens is 234 g/mol. The van der Waals surface area contributed by atoms with Crippen molar-refractivity contribution < 1.29 is 4.79 Å². The molecule has 0 aliphatic heterocycles. The largest absolute Gasteiger partial charge is 0.350 e. The van der Waals surface area contributed by atoms with Gasteiger partial charge in [-0.1, -0.05) is 19.3 Å². The van der Waals surface area contributed by atoms with Gasteiger partial charge in [0, 0.05) is 11.1 Å². The number of hydrogen-bond acceptors (Lipinski definition) is 4. The van der Waals surface area contributed by atoms with E-state index >= 15 is 0 Å². The van der Waals surface area contributed by atoms with E-state index in [9.17, 15) is 4.79 Å². The Kier molecular flexibility index (Phi) is 3.79. The van der Waals surface area contributed by atoms with Crippen molar-refractivity contribution in [1.82, 2.24) is 10.3 Å². The molecule has 1 aromatic rings. The maximum Gasteiger partial charge on any atom is 0.240 e. The second-order valence-corrected chi connectivity index (χ2v) is 6.06. The maximum atomic E-state index is 12.0. The van der Waals surface area contributed by atoms with E-state index in [0.29, 0.717) is 6.54 Å². The molecule has 1 aliphatic rings. The molecule has 3 N–H and O–H groups in total. The number of thiazole rings is 1. The lowest BCUT2D eigenvalue weighted by molar-refractivity contribution is -0.127. The molecule has 0 bridgehead atoms. The quantitative estimate of drug-likeness (QED) is 0.862. The Morgan fingerprint density at radius 2 is 2.24 bits per heavy atom. The average Bonchev–Trinajstić information content (AvgIpc) is 2.73. The first-order chi connectivity index (χ1) is 8.10. The van der Waals surface area contributed by atoms with E-state index in [0.717, 1.165) is 35.6 Å². The molecule has 1 amide bonds.